The minimum absolute atomic E-state index is 0.0811. The number of aryl methyl sites for hydroxylation is 1. The van der Waals surface area contributed by atoms with Crippen LogP contribution in [0.3, 0.4) is 0 Å². The number of hydrogen-bond acceptors (Lipinski definition) is 4. The van der Waals surface area contributed by atoms with Crippen molar-refractivity contribution in [3.63, 3.8) is 0 Å². The summed E-state index contributed by atoms with van der Waals surface area (Å²) in [4.78, 5) is 25.3. The Morgan fingerprint density at radius 3 is 2.48 bits per heavy atom. The van der Waals surface area contributed by atoms with E-state index >= 15 is 0 Å². The van der Waals surface area contributed by atoms with Crippen molar-refractivity contribution in [1.82, 2.24) is 0 Å². The summed E-state index contributed by atoms with van der Waals surface area (Å²) in [6.45, 7) is 9.82. The Bertz CT molecular complexity index is 775. The van der Waals surface area contributed by atoms with Gasteiger partial charge in [-0.1, -0.05) is 32.9 Å². The van der Waals surface area contributed by atoms with E-state index in [1.807, 2.05) is 58.9 Å². The number of para-hydroxylation sites is 2. The molecule has 134 valence electrons. The standard InChI is InChI=1S/C19H24N2O3S/c1-6-24-14-10-8-7-9-13(14)20-17(22)16-12(2)11-15(25-16)21-18(23)19(3,4)5/h7-11H,6H2,1-5H3,(H,20,22)(H,21,23). The first-order chi connectivity index (χ1) is 11.7. The molecule has 0 aliphatic heterocycles. The van der Waals surface area contributed by atoms with Gasteiger partial charge in [-0.05, 0) is 37.6 Å². The van der Waals surface area contributed by atoms with Gasteiger partial charge in [-0.2, -0.15) is 0 Å². The second-order valence-corrected chi connectivity index (χ2v) is 7.76. The topological polar surface area (TPSA) is 67.4 Å². The number of thiophene rings is 1. The summed E-state index contributed by atoms with van der Waals surface area (Å²) >= 11 is 1.27. The molecule has 0 bridgehead atoms. The van der Waals surface area contributed by atoms with Gasteiger partial charge in [0.2, 0.25) is 5.91 Å². The average Bonchev–Trinajstić information content (AvgIpc) is 2.89. The molecule has 0 saturated heterocycles. The molecular weight excluding hydrogens is 336 g/mol. The molecule has 25 heavy (non-hydrogen) atoms. The van der Waals surface area contributed by atoms with Crippen LogP contribution in [-0.4, -0.2) is 18.4 Å². The summed E-state index contributed by atoms with van der Waals surface area (Å²) < 4.78 is 5.53. The zero-order valence-corrected chi connectivity index (χ0v) is 16.0. The lowest BCUT2D eigenvalue weighted by Crippen LogP contribution is -2.27. The van der Waals surface area contributed by atoms with E-state index < -0.39 is 5.41 Å². The number of ether oxygens (including phenoxy) is 1. The summed E-state index contributed by atoms with van der Waals surface area (Å²) in [6, 6.07) is 9.13. The SMILES string of the molecule is CCOc1ccccc1NC(=O)c1sc(NC(=O)C(C)(C)C)cc1C. The van der Waals surface area contributed by atoms with Crippen LogP contribution in [0.2, 0.25) is 0 Å². The molecular formula is C19H24N2O3S. The van der Waals surface area contributed by atoms with E-state index in [0.29, 0.717) is 27.9 Å². The molecule has 0 fully saturated rings. The van der Waals surface area contributed by atoms with E-state index in [0.717, 1.165) is 5.56 Å². The third-order valence-corrected chi connectivity index (χ3v) is 4.63. The lowest BCUT2D eigenvalue weighted by Gasteiger charge is -2.16. The normalized spacial score (nSPS) is 11.1. The summed E-state index contributed by atoms with van der Waals surface area (Å²) in [7, 11) is 0. The van der Waals surface area contributed by atoms with Crippen LogP contribution in [0, 0.1) is 12.3 Å². The van der Waals surface area contributed by atoms with Crippen molar-refractivity contribution in [2.24, 2.45) is 5.41 Å². The Morgan fingerprint density at radius 2 is 1.84 bits per heavy atom. The summed E-state index contributed by atoms with van der Waals surface area (Å²) in [5.41, 5.74) is 0.958. The number of hydrogen-bond donors (Lipinski definition) is 2. The van der Waals surface area contributed by atoms with E-state index in [1.165, 1.54) is 11.3 Å². The molecule has 0 aliphatic carbocycles. The van der Waals surface area contributed by atoms with Gasteiger partial charge in [-0.3, -0.25) is 9.59 Å². The second kappa shape index (κ2) is 7.70. The largest absolute Gasteiger partial charge is 0.492 e. The van der Waals surface area contributed by atoms with Gasteiger partial charge >= 0.3 is 0 Å². The van der Waals surface area contributed by atoms with Gasteiger partial charge in [-0.15, -0.1) is 11.3 Å². The molecule has 0 radical (unpaired) electrons. The molecule has 2 rings (SSSR count). The molecule has 6 heteroatoms. The number of carbonyl (C=O) groups is 2. The Labute approximate surface area is 152 Å². The molecule has 1 aromatic carbocycles. The van der Waals surface area contributed by atoms with Crippen molar-refractivity contribution in [2.45, 2.75) is 34.6 Å². The monoisotopic (exact) mass is 360 g/mol. The van der Waals surface area contributed by atoms with E-state index in [1.54, 1.807) is 6.07 Å². The predicted octanol–water partition coefficient (Wildman–Crippen LogP) is 4.69. The minimum Gasteiger partial charge on any atom is -0.492 e. The summed E-state index contributed by atoms with van der Waals surface area (Å²) in [6.07, 6.45) is 0. The zero-order valence-electron chi connectivity index (χ0n) is 15.2. The highest BCUT2D eigenvalue weighted by atomic mass is 32.1. The molecule has 5 nitrogen and oxygen atoms in total. The molecule has 2 N–H and O–H groups in total. The van der Waals surface area contributed by atoms with E-state index in [-0.39, 0.29) is 11.8 Å². The molecule has 1 heterocycles. The van der Waals surface area contributed by atoms with Crippen LogP contribution in [0.15, 0.2) is 30.3 Å². The van der Waals surface area contributed by atoms with Crippen LogP contribution in [0.5, 0.6) is 5.75 Å². The number of nitrogens with one attached hydrogen (secondary N) is 2. The molecule has 1 aromatic heterocycles. The highest BCUT2D eigenvalue weighted by Gasteiger charge is 2.23. The first-order valence-corrected chi connectivity index (χ1v) is 8.99. The van der Waals surface area contributed by atoms with Crippen LogP contribution in [0.25, 0.3) is 0 Å². The van der Waals surface area contributed by atoms with Gasteiger partial charge < -0.3 is 15.4 Å². The second-order valence-electron chi connectivity index (χ2n) is 6.71. The quantitative estimate of drug-likeness (QED) is 0.813. The van der Waals surface area contributed by atoms with Gasteiger partial charge in [0.1, 0.15) is 5.75 Å². The van der Waals surface area contributed by atoms with Crippen LogP contribution < -0.4 is 15.4 Å². The van der Waals surface area contributed by atoms with Crippen molar-refractivity contribution < 1.29 is 14.3 Å². The van der Waals surface area contributed by atoms with Crippen molar-refractivity contribution in [3.8, 4) is 5.75 Å². The molecule has 2 amide bonds. The fourth-order valence-electron chi connectivity index (χ4n) is 2.10. The molecule has 0 aliphatic rings. The zero-order chi connectivity index (χ0) is 18.6. The summed E-state index contributed by atoms with van der Waals surface area (Å²) in [5, 5.41) is 6.42. The fraction of sp³-hybridized carbons (Fsp3) is 0.368. The Hall–Kier alpha value is -2.34. The highest BCUT2D eigenvalue weighted by molar-refractivity contribution is 7.18. The first kappa shape index (κ1) is 19.0. The van der Waals surface area contributed by atoms with Gasteiger partial charge in [0.05, 0.1) is 22.2 Å². The number of amides is 2. The van der Waals surface area contributed by atoms with Crippen LogP contribution in [-0.2, 0) is 4.79 Å². The molecule has 0 saturated carbocycles. The van der Waals surface area contributed by atoms with Gasteiger partial charge in [0.25, 0.3) is 5.91 Å². The fourth-order valence-corrected chi connectivity index (χ4v) is 3.06. The Balaban J connectivity index is 2.17. The van der Waals surface area contributed by atoms with Crippen LogP contribution in [0.1, 0.15) is 42.9 Å². The average molecular weight is 360 g/mol. The smallest absolute Gasteiger partial charge is 0.266 e. The van der Waals surface area contributed by atoms with Crippen molar-refractivity contribution in [2.75, 3.05) is 17.2 Å². The number of carbonyl (C=O) groups excluding carboxylic acids is 2. The van der Waals surface area contributed by atoms with Crippen LogP contribution >= 0.6 is 11.3 Å². The number of benzene rings is 1. The minimum atomic E-state index is -0.489. The highest BCUT2D eigenvalue weighted by Crippen LogP contribution is 2.30. The molecule has 2 aromatic rings. The van der Waals surface area contributed by atoms with Crippen molar-refractivity contribution >= 4 is 33.8 Å². The lowest BCUT2D eigenvalue weighted by atomic mass is 9.96. The van der Waals surface area contributed by atoms with Crippen molar-refractivity contribution in [3.05, 3.63) is 40.8 Å². The summed E-state index contributed by atoms with van der Waals surface area (Å²) in [5.74, 6) is 0.335. The Kier molecular flexibility index (Phi) is 5.85. The maximum Gasteiger partial charge on any atom is 0.266 e. The van der Waals surface area contributed by atoms with Gasteiger partial charge in [0, 0.05) is 5.41 Å². The third kappa shape index (κ3) is 4.82. The predicted molar refractivity (Wildman–Crippen MR) is 103 cm³/mol. The third-order valence-electron chi connectivity index (χ3n) is 3.48. The van der Waals surface area contributed by atoms with Crippen LogP contribution in [0.4, 0.5) is 10.7 Å². The van der Waals surface area contributed by atoms with E-state index in [2.05, 4.69) is 10.6 Å². The first-order valence-electron chi connectivity index (χ1n) is 8.17. The Morgan fingerprint density at radius 1 is 1.16 bits per heavy atom. The lowest BCUT2D eigenvalue weighted by molar-refractivity contribution is -0.123. The molecule has 0 atom stereocenters. The number of anilines is 2. The van der Waals surface area contributed by atoms with Gasteiger partial charge in [-0.25, -0.2) is 0 Å². The van der Waals surface area contributed by atoms with Crippen molar-refractivity contribution in [1.29, 1.82) is 0 Å². The maximum atomic E-state index is 12.6. The number of rotatable bonds is 5. The van der Waals surface area contributed by atoms with E-state index in [4.69, 9.17) is 4.74 Å². The van der Waals surface area contributed by atoms with Gasteiger partial charge in [0.15, 0.2) is 0 Å². The van der Waals surface area contributed by atoms with E-state index in [9.17, 15) is 9.59 Å². The maximum absolute atomic E-state index is 12.6. The molecule has 0 unspecified atom stereocenters. The molecule has 0 spiro atoms.